The van der Waals surface area contributed by atoms with Crippen molar-refractivity contribution in [3.8, 4) is 0 Å². The highest BCUT2D eigenvalue weighted by molar-refractivity contribution is 7.90. The van der Waals surface area contributed by atoms with Gasteiger partial charge >= 0.3 is 0 Å². The smallest absolute Gasteiger partial charge is 0.251 e. The first-order chi connectivity index (χ1) is 8.84. The van der Waals surface area contributed by atoms with Crippen molar-refractivity contribution in [3.63, 3.8) is 0 Å². The molecule has 1 rings (SSSR count). The average Bonchev–Trinajstić information content (AvgIpc) is 2.35. The zero-order valence-corrected chi connectivity index (χ0v) is 12.6. The minimum atomic E-state index is -3.30. The number of carbonyl (C=O) groups is 1. The molecule has 0 fully saturated rings. The lowest BCUT2D eigenvalue weighted by Crippen LogP contribution is -2.28. The maximum Gasteiger partial charge on any atom is 0.251 e. The zero-order chi connectivity index (χ0) is 14.5. The molecule has 106 valence electrons. The Morgan fingerprint density at radius 1 is 1.42 bits per heavy atom. The Morgan fingerprint density at radius 3 is 2.68 bits per heavy atom. The van der Waals surface area contributed by atoms with Crippen molar-refractivity contribution in [3.05, 3.63) is 29.8 Å². The van der Waals surface area contributed by atoms with Gasteiger partial charge < -0.3 is 5.32 Å². The molecule has 0 saturated carbocycles. The van der Waals surface area contributed by atoms with E-state index in [1.165, 1.54) is 12.1 Å². The second-order valence-electron chi connectivity index (χ2n) is 4.59. The lowest BCUT2D eigenvalue weighted by atomic mass is 10.1. The normalized spacial score (nSPS) is 13.0. The number of nitrogens with one attached hydrogen (secondary N) is 1. The van der Waals surface area contributed by atoms with Crippen molar-refractivity contribution < 1.29 is 13.2 Å². The molecule has 1 amide bonds. The van der Waals surface area contributed by atoms with E-state index in [9.17, 15) is 13.2 Å². The van der Waals surface area contributed by atoms with Crippen molar-refractivity contribution >= 4 is 27.3 Å². The second-order valence-corrected chi connectivity index (χ2v) is 6.99. The van der Waals surface area contributed by atoms with Crippen LogP contribution in [0.15, 0.2) is 29.2 Å². The molecule has 1 N–H and O–H groups in total. The molecule has 1 aromatic carbocycles. The number of rotatable bonds is 6. The molecule has 0 bridgehead atoms. The summed E-state index contributed by atoms with van der Waals surface area (Å²) >= 11 is 5.62. The van der Waals surface area contributed by atoms with Crippen LogP contribution < -0.4 is 5.32 Å². The minimum absolute atomic E-state index is 0.147. The Kier molecular flexibility index (Phi) is 5.82. The van der Waals surface area contributed by atoms with E-state index in [0.29, 0.717) is 23.9 Å². The standard InChI is InChI=1S/C13H18ClNO3S/c1-10(6-7-14)9-15-13(16)11-4-3-5-12(8-11)19(2,17)18/h3-5,8,10H,6-7,9H2,1-2H3,(H,15,16). The van der Waals surface area contributed by atoms with Gasteiger partial charge in [-0.05, 0) is 30.5 Å². The first-order valence-corrected chi connectivity index (χ1v) is 8.41. The lowest BCUT2D eigenvalue weighted by molar-refractivity contribution is 0.0947. The van der Waals surface area contributed by atoms with E-state index < -0.39 is 9.84 Å². The van der Waals surface area contributed by atoms with Crippen LogP contribution in [0.5, 0.6) is 0 Å². The molecule has 4 nitrogen and oxygen atoms in total. The second kappa shape index (κ2) is 6.91. The summed E-state index contributed by atoms with van der Waals surface area (Å²) in [6, 6.07) is 6.02. The van der Waals surface area contributed by atoms with Gasteiger partial charge in [-0.15, -0.1) is 11.6 Å². The highest BCUT2D eigenvalue weighted by Crippen LogP contribution is 2.11. The van der Waals surface area contributed by atoms with Gasteiger partial charge in [-0.3, -0.25) is 4.79 Å². The van der Waals surface area contributed by atoms with Gasteiger partial charge in [0.15, 0.2) is 9.84 Å². The van der Waals surface area contributed by atoms with Crippen LogP contribution in [0.1, 0.15) is 23.7 Å². The first kappa shape index (κ1) is 16.0. The van der Waals surface area contributed by atoms with Gasteiger partial charge in [-0.1, -0.05) is 13.0 Å². The summed E-state index contributed by atoms with van der Waals surface area (Å²) in [5.74, 6) is 0.576. The molecular weight excluding hydrogens is 286 g/mol. The summed E-state index contributed by atoms with van der Waals surface area (Å²) < 4.78 is 22.8. The average molecular weight is 304 g/mol. The van der Waals surface area contributed by atoms with Crippen LogP contribution in [0, 0.1) is 5.92 Å². The van der Waals surface area contributed by atoms with Gasteiger partial charge in [0.25, 0.3) is 5.91 Å². The van der Waals surface area contributed by atoms with Crippen LogP contribution in [-0.4, -0.2) is 33.0 Å². The highest BCUT2D eigenvalue weighted by atomic mass is 35.5. The molecule has 0 aromatic heterocycles. The largest absolute Gasteiger partial charge is 0.352 e. The fraction of sp³-hybridized carbons (Fsp3) is 0.462. The first-order valence-electron chi connectivity index (χ1n) is 5.99. The number of hydrogen-bond acceptors (Lipinski definition) is 3. The molecule has 0 spiro atoms. The summed E-state index contributed by atoms with van der Waals surface area (Å²) in [5.41, 5.74) is 0.348. The summed E-state index contributed by atoms with van der Waals surface area (Å²) in [7, 11) is -3.30. The fourth-order valence-electron chi connectivity index (χ4n) is 1.53. The van der Waals surface area contributed by atoms with Crippen LogP contribution >= 0.6 is 11.6 Å². The van der Waals surface area contributed by atoms with Crippen LogP contribution in [0.3, 0.4) is 0 Å². The SMILES string of the molecule is CC(CCCl)CNC(=O)c1cccc(S(C)(=O)=O)c1. The quantitative estimate of drug-likeness (QED) is 0.818. The van der Waals surface area contributed by atoms with E-state index in [-0.39, 0.29) is 10.8 Å². The molecule has 0 radical (unpaired) electrons. The summed E-state index contributed by atoms with van der Waals surface area (Å²) in [6.45, 7) is 2.52. The van der Waals surface area contributed by atoms with E-state index in [1.807, 2.05) is 6.92 Å². The minimum Gasteiger partial charge on any atom is -0.352 e. The molecule has 0 aliphatic heterocycles. The van der Waals surface area contributed by atoms with Gasteiger partial charge in [-0.25, -0.2) is 8.42 Å². The fourth-order valence-corrected chi connectivity index (χ4v) is 2.56. The Labute approximate surface area is 119 Å². The number of carbonyl (C=O) groups excluding carboxylic acids is 1. The van der Waals surface area contributed by atoms with E-state index in [2.05, 4.69) is 5.32 Å². The summed E-state index contributed by atoms with van der Waals surface area (Å²) in [4.78, 5) is 12.0. The van der Waals surface area contributed by atoms with Crippen LogP contribution in [0.25, 0.3) is 0 Å². The van der Waals surface area contributed by atoms with E-state index in [1.54, 1.807) is 12.1 Å². The zero-order valence-electron chi connectivity index (χ0n) is 11.0. The molecule has 0 aliphatic carbocycles. The molecule has 19 heavy (non-hydrogen) atoms. The maximum atomic E-state index is 11.9. The van der Waals surface area contributed by atoms with E-state index >= 15 is 0 Å². The van der Waals surface area contributed by atoms with Gasteiger partial charge in [-0.2, -0.15) is 0 Å². The monoisotopic (exact) mass is 303 g/mol. The number of sulfone groups is 1. The third-order valence-corrected chi connectivity index (χ3v) is 4.07. The third kappa shape index (κ3) is 5.20. The van der Waals surface area contributed by atoms with Crippen molar-refractivity contribution in [1.29, 1.82) is 0 Å². The number of halogens is 1. The predicted molar refractivity (Wildman–Crippen MR) is 76.4 cm³/mol. The Bertz CT molecular complexity index is 543. The van der Waals surface area contributed by atoms with Crippen LogP contribution in [0.4, 0.5) is 0 Å². The predicted octanol–water partition coefficient (Wildman–Crippen LogP) is 2.08. The number of benzene rings is 1. The maximum absolute atomic E-state index is 11.9. The van der Waals surface area contributed by atoms with Gasteiger partial charge in [0, 0.05) is 24.2 Å². The Balaban J connectivity index is 2.73. The Hall–Kier alpha value is -1.07. The Morgan fingerprint density at radius 2 is 2.11 bits per heavy atom. The molecule has 6 heteroatoms. The summed E-state index contributed by atoms with van der Waals surface area (Å²) in [6.07, 6.45) is 1.94. The molecule has 1 atom stereocenters. The van der Waals surface area contributed by atoms with Crippen LogP contribution in [-0.2, 0) is 9.84 Å². The van der Waals surface area contributed by atoms with E-state index in [4.69, 9.17) is 11.6 Å². The molecule has 0 aliphatic rings. The molecule has 1 aromatic rings. The third-order valence-electron chi connectivity index (χ3n) is 2.74. The van der Waals surface area contributed by atoms with Gasteiger partial charge in [0.1, 0.15) is 0 Å². The number of amides is 1. The molecular formula is C13H18ClNO3S. The van der Waals surface area contributed by atoms with E-state index in [0.717, 1.165) is 12.7 Å². The molecule has 1 unspecified atom stereocenters. The number of hydrogen-bond donors (Lipinski definition) is 1. The van der Waals surface area contributed by atoms with Crippen LogP contribution in [0.2, 0.25) is 0 Å². The molecule has 0 heterocycles. The number of alkyl halides is 1. The molecule has 0 saturated heterocycles. The topological polar surface area (TPSA) is 63.2 Å². The van der Waals surface area contributed by atoms with Crippen molar-refractivity contribution in [2.24, 2.45) is 5.92 Å². The summed E-state index contributed by atoms with van der Waals surface area (Å²) in [5, 5.41) is 2.77. The van der Waals surface area contributed by atoms with Crippen molar-refractivity contribution in [2.45, 2.75) is 18.2 Å². The highest BCUT2D eigenvalue weighted by Gasteiger charge is 2.12. The van der Waals surface area contributed by atoms with Gasteiger partial charge in [0.05, 0.1) is 4.90 Å². The van der Waals surface area contributed by atoms with Crippen molar-refractivity contribution in [2.75, 3.05) is 18.7 Å². The van der Waals surface area contributed by atoms with Gasteiger partial charge in [0.2, 0.25) is 0 Å². The lowest BCUT2D eigenvalue weighted by Gasteiger charge is -2.11. The van der Waals surface area contributed by atoms with Crippen molar-refractivity contribution in [1.82, 2.24) is 5.32 Å².